The van der Waals surface area contributed by atoms with E-state index in [2.05, 4.69) is 40.8 Å². The molecule has 1 atom stereocenters. The van der Waals surface area contributed by atoms with Crippen LogP contribution < -0.4 is 0 Å². The normalized spacial score (nSPS) is 19.7. The van der Waals surface area contributed by atoms with E-state index >= 15 is 0 Å². The number of Topliss-reactive ketones (excluding diaryl/α,β-unsaturated/α-hetero) is 1. The summed E-state index contributed by atoms with van der Waals surface area (Å²) in [6.07, 6.45) is 3.63. The van der Waals surface area contributed by atoms with Crippen LogP contribution in [-0.4, -0.2) is 45.5 Å². The van der Waals surface area contributed by atoms with Crippen molar-refractivity contribution < 1.29 is 23.5 Å². The zero-order chi connectivity index (χ0) is 22.5. The predicted octanol–water partition coefficient (Wildman–Crippen LogP) is 5.36. The predicted molar refractivity (Wildman–Crippen MR) is 119 cm³/mol. The Morgan fingerprint density at radius 2 is 1.69 bits per heavy atom. The summed E-state index contributed by atoms with van der Waals surface area (Å²) in [5.41, 5.74) is 2.65. The Kier molecular flexibility index (Phi) is 9.21. The fourth-order valence-corrected chi connectivity index (χ4v) is 4.43. The van der Waals surface area contributed by atoms with Crippen molar-refractivity contribution in [2.24, 2.45) is 0 Å². The molecule has 0 spiro atoms. The molecule has 0 aromatic carbocycles. The largest absolute Gasteiger partial charge is 0.413 e. The number of allylic oxidation sites excluding steroid dienone is 3. The van der Waals surface area contributed by atoms with Gasteiger partial charge < -0.3 is 13.9 Å². The fraction of sp³-hybridized carbons (Fsp3) is 0.739. The molecule has 1 heterocycles. The van der Waals surface area contributed by atoms with Gasteiger partial charge in [-0.25, -0.2) is 0 Å². The third-order valence-corrected chi connectivity index (χ3v) is 10.7. The average molecular weight is 425 g/mol. The quantitative estimate of drug-likeness (QED) is 0.204. The molecule has 1 rings (SSSR count). The van der Waals surface area contributed by atoms with Gasteiger partial charge in [-0.1, -0.05) is 31.9 Å². The van der Waals surface area contributed by atoms with Crippen molar-refractivity contribution in [1.29, 1.82) is 0 Å². The molecule has 166 valence electrons. The summed E-state index contributed by atoms with van der Waals surface area (Å²) in [4.78, 5) is 22.9. The van der Waals surface area contributed by atoms with Gasteiger partial charge in [0.05, 0.1) is 19.3 Å². The lowest BCUT2D eigenvalue weighted by atomic mass is 9.96. The minimum Gasteiger partial charge on any atom is -0.413 e. The summed E-state index contributed by atoms with van der Waals surface area (Å²) in [7, 11) is -1.98. The molecule has 0 aromatic rings. The van der Waals surface area contributed by atoms with Crippen molar-refractivity contribution in [3.63, 3.8) is 0 Å². The number of hydrogen-bond donors (Lipinski definition) is 0. The van der Waals surface area contributed by atoms with E-state index in [4.69, 9.17) is 13.9 Å². The molecule has 0 aromatic heterocycles. The molecule has 5 nitrogen and oxygen atoms in total. The second-order valence-corrected chi connectivity index (χ2v) is 14.6. The van der Waals surface area contributed by atoms with Crippen LogP contribution in [0.25, 0.3) is 0 Å². The summed E-state index contributed by atoms with van der Waals surface area (Å²) < 4.78 is 18.4. The van der Waals surface area contributed by atoms with Gasteiger partial charge in [0.1, 0.15) is 6.29 Å². The molecular formula is C23H40O5Si. The van der Waals surface area contributed by atoms with Gasteiger partial charge in [0.25, 0.3) is 0 Å². The monoisotopic (exact) mass is 424 g/mol. The Balaban J connectivity index is 3.01. The molecule has 1 saturated heterocycles. The van der Waals surface area contributed by atoms with Crippen LogP contribution in [0.2, 0.25) is 18.1 Å². The summed E-state index contributed by atoms with van der Waals surface area (Å²) in [5.74, 6) is -0.648. The first-order valence-corrected chi connectivity index (χ1v) is 13.4. The number of carbonyl (C=O) groups is 2. The Bertz CT molecular complexity index is 649. The van der Waals surface area contributed by atoms with E-state index in [1.165, 1.54) is 6.08 Å². The average Bonchev–Trinajstić information content (AvgIpc) is 2.99. The van der Waals surface area contributed by atoms with Crippen LogP contribution in [0.15, 0.2) is 22.8 Å². The zero-order valence-electron chi connectivity index (χ0n) is 19.8. The van der Waals surface area contributed by atoms with Crippen LogP contribution in [0, 0.1) is 0 Å². The first-order valence-electron chi connectivity index (χ1n) is 10.5. The van der Waals surface area contributed by atoms with Crippen molar-refractivity contribution in [2.75, 3.05) is 13.2 Å². The maximum atomic E-state index is 12.3. The van der Waals surface area contributed by atoms with E-state index in [0.717, 1.165) is 17.6 Å². The lowest BCUT2D eigenvalue weighted by molar-refractivity contribution is -0.161. The van der Waals surface area contributed by atoms with Gasteiger partial charge in [-0.15, -0.1) is 0 Å². The molecule has 1 fully saturated rings. The molecule has 0 saturated carbocycles. The van der Waals surface area contributed by atoms with Gasteiger partial charge >= 0.3 is 0 Å². The van der Waals surface area contributed by atoms with Crippen molar-refractivity contribution in [1.82, 2.24) is 0 Å². The molecule has 0 unspecified atom stereocenters. The maximum absolute atomic E-state index is 12.3. The number of carbonyl (C=O) groups excluding carboxylic acids is 2. The molecule has 1 aliphatic rings. The topological polar surface area (TPSA) is 61.8 Å². The van der Waals surface area contributed by atoms with Crippen LogP contribution in [-0.2, 0) is 23.5 Å². The molecule has 0 N–H and O–H groups in total. The Hall–Kier alpha value is -1.08. The lowest BCUT2D eigenvalue weighted by Gasteiger charge is -2.41. The SMILES string of the molecule is C/C(=C\C=O)C(=O)C/C(C)=C(\C)C[C@H](CC1(C)OCCO1)O[Si](C)(C)C(C)(C)C. The highest BCUT2D eigenvalue weighted by Crippen LogP contribution is 2.40. The lowest BCUT2D eigenvalue weighted by Crippen LogP contribution is -2.46. The number of ether oxygens (including phenoxy) is 2. The number of hydrogen-bond acceptors (Lipinski definition) is 5. The second-order valence-electron chi connectivity index (χ2n) is 9.89. The Morgan fingerprint density at radius 3 is 2.17 bits per heavy atom. The molecule has 29 heavy (non-hydrogen) atoms. The minimum absolute atomic E-state index is 0.0229. The molecular weight excluding hydrogens is 384 g/mol. The summed E-state index contributed by atoms with van der Waals surface area (Å²) in [6.45, 7) is 20.1. The summed E-state index contributed by atoms with van der Waals surface area (Å²) in [5, 5.41) is 0.100. The fourth-order valence-electron chi connectivity index (χ4n) is 3.08. The second kappa shape index (κ2) is 10.3. The van der Waals surface area contributed by atoms with Crippen molar-refractivity contribution in [3.8, 4) is 0 Å². The summed E-state index contributed by atoms with van der Waals surface area (Å²) >= 11 is 0. The van der Waals surface area contributed by atoms with Crippen LogP contribution in [0.4, 0.5) is 0 Å². The number of aldehydes is 1. The molecule has 1 aliphatic heterocycles. The highest BCUT2D eigenvalue weighted by atomic mass is 28.4. The van der Waals surface area contributed by atoms with E-state index in [0.29, 0.717) is 37.9 Å². The minimum atomic E-state index is -1.98. The van der Waals surface area contributed by atoms with Gasteiger partial charge in [-0.05, 0) is 63.9 Å². The van der Waals surface area contributed by atoms with Gasteiger partial charge in [-0.2, -0.15) is 0 Å². The zero-order valence-corrected chi connectivity index (χ0v) is 20.8. The van der Waals surface area contributed by atoms with Gasteiger partial charge in [0, 0.05) is 12.8 Å². The molecule has 0 radical (unpaired) electrons. The molecule has 0 aliphatic carbocycles. The van der Waals surface area contributed by atoms with E-state index < -0.39 is 14.1 Å². The first-order chi connectivity index (χ1) is 13.2. The molecule has 0 bridgehead atoms. The standard InChI is InChI=1S/C23H40O5Si/c1-17(10-11-24)21(25)15-19(3)18(2)14-20(16-23(7)26-12-13-27-23)28-29(8,9)22(4,5)6/h10-11,20H,12-16H2,1-9H3/b17-10+,19-18+/t20-/m1/s1. The third kappa shape index (κ3) is 7.93. The van der Waals surface area contributed by atoms with E-state index in [-0.39, 0.29) is 16.9 Å². The van der Waals surface area contributed by atoms with Gasteiger partial charge in [0.15, 0.2) is 19.9 Å². The van der Waals surface area contributed by atoms with Crippen LogP contribution in [0.5, 0.6) is 0 Å². The Morgan fingerprint density at radius 1 is 1.14 bits per heavy atom. The first kappa shape index (κ1) is 26.0. The van der Waals surface area contributed by atoms with Gasteiger partial charge in [-0.3, -0.25) is 9.59 Å². The molecule has 0 amide bonds. The molecule has 6 heteroatoms. The smallest absolute Gasteiger partial charge is 0.192 e. The van der Waals surface area contributed by atoms with Crippen LogP contribution in [0.1, 0.15) is 67.7 Å². The van der Waals surface area contributed by atoms with Gasteiger partial charge in [0.2, 0.25) is 0 Å². The number of ketones is 1. The van der Waals surface area contributed by atoms with Crippen LogP contribution in [0.3, 0.4) is 0 Å². The Labute approximate surface area is 178 Å². The van der Waals surface area contributed by atoms with Crippen molar-refractivity contribution in [3.05, 3.63) is 22.8 Å². The van der Waals surface area contributed by atoms with E-state index in [1.807, 2.05) is 13.8 Å². The van der Waals surface area contributed by atoms with Crippen molar-refractivity contribution >= 4 is 20.4 Å². The third-order valence-electron chi connectivity index (χ3n) is 6.21. The highest BCUT2D eigenvalue weighted by Gasteiger charge is 2.42. The van der Waals surface area contributed by atoms with Crippen molar-refractivity contribution in [2.45, 2.75) is 97.8 Å². The van der Waals surface area contributed by atoms with E-state index in [1.54, 1.807) is 6.92 Å². The summed E-state index contributed by atoms with van der Waals surface area (Å²) in [6, 6.07) is 0. The maximum Gasteiger partial charge on any atom is 0.192 e. The highest BCUT2D eigenvalue weighted by molar-refractivity contribution is 6.74. The van der Waals surface area contributed by atoms with E-state index in [9.17, 15) is 9.59 Å². The van der Waals surface area contributed by atoms with Crippen LogP contribution >= 0.6 is 0 Å². The number of rotatable bonds is 10.